The van der Waals surface area contributed by atoms with Gasteiger partial charge in [-0.05, 0) is 43.0 Å². The van der Waals surface area contributed by atoms with Crippen molar-refractivity contribution >= 4 is 29.2 Å². The third-order valence-electron chi connectivity index (χ3n) is 3.71. The van der Waals surface area contributed by atoms with Gasteiger partial charge in [0.05, 0.1) is 0 Å². The van der Waals surface area contributed by atoms with Crippen molar-refractivity contribution in [1.29, 1.82) is 0 Å². The predicted octanol–water partition coefficient (Wildman–Crippen LogP) is 2.72. The lowest BCUT2D eigenvalue weighted by molar-refractivity contribution is -0.130. The standard InChI is InChI=1S/C15H20ClN3O2/c1-11(20)19-8-6-12(7-9-19)10-17-15(21)18-14-4-2-13(16)3-5-14/h2-5,12H,6-10H2,1H3,(H2,17,18,21). The number of likely N-dealkylation sites (tertiary alicyclic amines) is 1. The Balaban J connectivity index is 1.70. The maximum absolute atomic E-state index is 11.8. The van der Waals surface area contributed by atoms with Crippen molar-refractivity contribution < 1.29 is 9.59 Å². The summed E-state index contributed by atoms with van der Waals surface area (Å²) in [6.45, 7) is 3.78. The summed E-state index contributed by atoms with van der Waals surface area (Å²) >= 11 is 5.79. The lowest BCUT2D eigenvalue weighted by atomic mass is 9.97. The number of urea groups is 1. The first kappa shape index (κ1) is 15.6. The highest BCUT2D eigenvalue weighted by Gasteiger charge is 2.20. The van der Waals surface area contributed by atoms with Gasteiger partial charge in [-0.3, -0.25) is 4.79 Å². The van der Waals surface area contributed by atoms with Gasteiger partial charge in [0.15, 0.2) is 0 Å². The number of hydrogen-bond acceptors (Lipinski definition) is 2. The van der Waals surface area contributed by atoms with Crippen molar-refractivity contribution in [2.24, 2.45) is 5.92 Å². The minimum absolute atomic E-state index is 0.127. The molecule has 0 atom stereocenters. The van der Waals surface area contributed by atoms with Crippen LogP contribution < -0.4 is 10.6 Å². The SMILES string of the molecule is CC(=O)N1CCC(CNC(=O)Nc2ccc(Cl)cc2)CC1. The Bertz CT molecular complexity index is 496. The monoisotopic (exact) mass is 309 g/mol. The molecular formula is C15H20ClN3O2. The molecule has 0 radical (unpaired) electrons. The zero-order chi connectivity index (χ0) is 15.2. The summed E-state index contributed by atoms with van der Waals surface area (Å²) in [6, 6.07) is 6.76. The van der Waals surface area contributed by atoms with E-state index in [0.717, 1.165) is 25.9 Å². The number of piperidine rings is 1. The summed E-state index contributed by atoms with van der Waals surface area (Å²) in [7, 11) is 0. The maximum Gasteiger partial charge on any atom is 0.319 e. The van der Waals surface area contributed by atoms with Gasteiger partial charge in [0.25, 0.3) is 0 Å². The number of benzene rings is 1. The second kappa shape index (κ2) is 7.31. The van der Waals surface area contributed by atoms with E-state index in [2.05, 4.69) is 10.6 Å². The van der Waals surface area contributed by atoms with Crippen LogP contribution in [-0.4, -0.2) is 36.5 Å². The molecule has 3 amide bonds. The first-order chi connectivity index (χ1) is 10.0. The van der Waals surface area contributed by atoms with E-state index in [4.69, 9.17) is 11.6 Å². The molecule has 1 aromatic carbocycles. The van der Waals surface area contributed by atoms with E-state index in [9.17, 15) is 9.59 Å². The Morgan fingerprint density at radius 1 is 1.24 bits per heavy atom. The van der Waals surface area contributed by atoms with Gasteiger partial charge in [0.2, 0.25) is 5.91 Å². The van der Waals surface area contributed by atoms with Crippen molar-refractivity contribution in [2.75, 3.05) is 25.0 Å². The molecule has 1 aliphatic heterocycles. The molecular weight excluding hydrogens is 290 g/mol. The Kier molecular flexibility index (Phi) is 5.44. The zero-order valence-electron chi connectivity index (χ0n) is 12.1. The fraction of sp³-hybridized carbons (Fsp3) is 0.467. The Morgan fingerprint density at radius 3 is 2.43 bits per heavy atom. The molecule has 1 heterocycles. The third kappa shape index (κ3) is 4.93. The van der Waals surface area contributed by atoms with E-state index in [-0.39, 0.29) is 11.9 Å². The lowest BCUT2D eigenvalue weighted by Crippen LogP contribution is -2.41. The van der Waals surface area contributed by atoms with E-state index in [1.54, 1.807) is 31.2 Å². The molecule has 1 fully saturated rings. The van der Waals surface area contributed by atoms with Gasteiger partial charge in [0, 0.05) is 37.3 Å². The summed E-state index contributed by atoms with van der Waals surface area (Å²) in [5.74, 6) is 0.554. The Morgan fingerprint density at radius 2 is 1.86 bits per heavy atom. The zero-order valence-corrected chi connectivity index (χ0v) is 12.8. The Labute approximate surface area is 129 Å². The molecule has 1 aliphatic rings. The van der Waals surface area contributed by atoms with Crippen LogP contribution in [0.3, 0.4) is 0 Å². The molecule has 5 nitrogen and oxygen atoms in total. The van der Waals surface area contributed by atoms with Gasteiger partial charge < -0.3 is 15.5 Å². The van der Waals surface area contributed by atoms with Gasteiger partial charge in [0.1, 0.15) is 0 Å². The van der Waals surface area contributed by atoms with Crippen LogP contribution in [0, 0.1) is 5.92 Å². The normalized spacial score (nSPS) is 15.6. The fourth-order valence-corrected chi connectivity index (χ4v) is 2.52. The van der Waals surface area contributed by atoms with Crippen LogP contribution in [0.5, 0.6) is 0 Å². The van der Waals surface area contributed by atoms with Crippen LogP contribution >= 0.6 is 11.6 Å². The number of nitrogens with zero attached hydrogens (tertiary/aromatic N) is 1. The van der Waals surface area contributed by atoms with Crippen molar-refractivity contribution in [1.82, 2.24) is 10.2 Å². The summed E-state index contributed by atoms with van der Waals surface area (Å²) in [5.41, 5.74) is 0.711. The third-order valence-corrected chi connectivity index (χ3v) is 3.97. The minimum atomic E-state index is -0.216. The number of carbonyl (C=O) groups is 2. The molecule has 21 heavy (non-hydrogen) atoms. The molecule has 0 spiro atoms. The van der Waals surface area contributed by atoms with Gasteiger partial charge in [-0.25, -0.2) is 4.79 Å². The van der Waals surface area contributed by atoms with E-state index < -0.39 is 0 Å². The van der Waals surface area contributed by atoms with Crippen molar-refractivity contribution in [2.45, 2.75) is 19.8 Å². The fourth-order valence-electron chi connectivity index (χ4n) is 2.40. The van der Waals surface area contributed by atoms with Gasteiger partial charge in [-0.1, -0.05) is 11.6 Å². The lowest BCUT2D eigenvalue weighted by Gasteiger charge is -2.31. The van der Waals surface area contributed by atoms with Crippen LogP contribution in [0.1, 0.15) is 19.8 Å². The average molecular weight is 310 g/mol. The number of amides is 3. The highest BCUT2D eigenvalue weighted by molar-refractivity contribution is 6.30. The van der Waals surface area contributed by atoms with Crippen molar-refractivity contribution in [3.05, 3.63) is 29.3 Å². The highest BCUT2D eigenvalue weighted by Crippen LogP contribution is 2.16. The van der Waals surface area contributed by atoms with Crippen LogP contribution in [0.15, 0.2) is 24.3 Å². The minimum Gasteiger partial charge on any atom is -0.343 e. The second-order valence-corrected chi connectivity index (χ2v) is 5.73. The molecule has 0 unspecified atom stereocenters. The number of nitrogens with one attached hydrogen (secondary N) is 2. The van der Waals surface area contributed by atoms with E-state index in [1.165, 1.54) is 0 Å². The molecule has 6 heteroatoms. The summed E-state index contributed by atoms with van der Waals surface area (Å²) < 4.78 is 0. The van der Waals surface area contributed by atoms with Crippen LogP contribution in [0.25, 0.3) is 0 Å². The first-order valence-corrected chi connectivity index (χ1v) is 7.48. The summed E-state index contributed by atoms with van der Waals surface area (Å²) in [4.78, 5) is 24.9. The molecule has 2 N–H and O–H groups in total. The number of halogens is 1. The van der Waals surface area contributed by atoms with E-state index in [1.807, 2.05) is 4.90 Å². The molecule has 0 aromatic heterocycles. The first-order valence-electron chi connectivity index (χ1n) is 7.10. The number of anilines is 1. The van der Waals surface area contributed by atoms with Gasteiger partial charge in [-0.15, -0.1) is 0 Å². The van der Waals surface area contributed by atoms with Gasteiger partial charge in [-0.2, -0.15) is 0 Å². The second-order valence-electron chi connectivity index (χ2n) is 5.29. The summed E-state index contributed by atoms with van der Waals surface area (Å²) in [5, 5.41) is 6.27. The quantitative estimate of drug-likeness (QED) is 0.902. The summed E-state index contributed by atoms with van der Waals surface area (Å²) in [6.07, 6.45) is 1.86. The number of hydrogen-bond donors (Lipinski definition) is 2. The van der Waals surface area contributed by atoms with Crippen molar-refractivity contribution in [3.8, 4) is 0 Å². The smallest absolute Gasteiger partial charge is 0.319 e. The molecule has 0 aliphatic carbocycles. The molecule has 2 rings (SSSR count). The largest absolute Gasteiger partial charge is 0.343 e. The predicted molar refractivity (Wildman–Crippen MR) is 83.5 cm³/mol. The van der Waals surface area contributed by atoms with Gasteiger partial charge >= 0.3 is 6.03 Å². The number of rotatable bonds is 3. The highest BCUT2D eigenvalue weighted by atomic mass is 35.5. The Hall–Kier alpha value is -1.75. The van der Waals surface area contributed by atoms with E-state index >= 15 is 0 Å². The van der Waals surface area contributed by atoms with Crippen molar-refractivity contribution in [3.63, 3.8) is 0 Å². The molecule has 0 bridgehead atoms. The number of carbonyl (C=O) groups excluding carboxylic acids is 2. The molecule has 114 valence electrons. The molecule has 1 saturated heterocycles. The average Bonchev–Trinajstić information content (AvgIpc) is 2.48. The maximum atomic E-state index is 11.8. The topological polar surface area (TPSA) is 61.4 Å². The molecule has 1 aromatic rings. The molecule has 0 saturated carbocycles. The van der Waals surface area contributed by atoms with E-state index in [0.29, 0.717) is 23.2 Å². The van der Waals surface area contributed by atoms with Crippen LogP contribution in [0.4, 0.5) is 10.5 Å². The van der Waals surface area contributed by atoms with Crippen LogP contribution in [0.2, 0.25) is 5.02 Å². The van der Waals surface area contributed by atoms with Crippen LogP contribution in [-0.2, 0) is 4.79 Å².